The van der Waals surface area contributed by atoms with Crippen LogP contribution in [0.4, 0.5) is 9.18 Å². The zero-order valence-corrected chi connectivity index (χ0v) is 20.5. The number of amides is 3. The lowest BCUT2D eigenvalue weighted by Gasteiger charge is -2.46. The Bertz CT molecular complexity index is 1260. The van der Waals surface area contributed by atoms with Gasteiger partial charge in [0.15, 0.2) is 0 Å². The molecule has 2 N–H and O–H groups in total. The van der Waals surface area contributed by atoms with Crippen LogP contribution in [0.2, 0.25) is 0 Å². The van der Waals surface area contributed by atoms with Gasteiger partial charge in [0.05, 0.1) is 25.5 Å². The van der Waals surface area contributed by atoms with E-state index in [2.05, 4.69) is 4.98 Å². The van der Waals surface area contributed by atoms with Crippen molar-refractivity contribution < 1.29 is 37.1 Å². The maximum atomic E-state index is 13.6. The number of hydroxylamine groups is 1. The molecule has 1 aromatic carbocycles. The number of pyridine rings is 1. The van der Waals surface area contributed by atoms with Gasteiger partial charge in [0, 0.05) is 31.7 Å². The van der Waals surface area contributed by atoms with Gasteiger partial charge in [0.1, 0.15) is 22.5 Å². The summed E-state index contributed by atoms with van der Waals surface area (Å²) in [6.45, 7) is 1.52. The van der Waals surface area contributed by atoms with E-state index in [0.29, 0.717) is 44.9 Å². The second-order valence-electron chi connectivity index (χ2n) is 8.97. The average Bonchev–Trinajstić information content (AvgIpc) is 3.22. The van der Waals surface area contributed by atoms with Crippen LogP contribution in [-0.2, 0) is 19.6 Å². The van der Waals surface area contributed by atoms with E-state index in [4.69, 9.17) is 9.47 Å². The highest BCUT2D eigenvalue weighted by molar-refractivity contribution is 7.89. The first-order chi connectivity index (χ1) is 17.8. The first-order valence-corrected chi connectivity index (χ1v) is 13.2. The number of morpholine rings is 1. The number of carbonyl (C=O) groups is 2. The number of ether oxygens (including phenoxy) is 2. The molecule has 3 aliphatic rings. The number of fused-ring (bicyclic) bond motifs is 2. The summed E-state index contributed by atoms with van der Waals surface area (Å²) in [7, 11) is -4.24. The number of halogens is 1. The molecular formula is C23H26FN5O7S. The van der Waals surface area contributed by atoms with Crippen LogP contribution in [0.25, 0.3) is 0 Å². The molecule has 0 unspecified atom stereocenters. The molecule has 0 aliphatic carbocycles. The number of benzene rings is 1. The molecule has 3 aliphatic heterocycles. The predicted molar refractivity (Wildman–Crippen MR) is 125 cm³/mol. The number of carbonyl (C=O) groups excluding carboxylic acids is 2. The molecule has 12 nitrogen and oxygen atoms in total. The standard InChI is InChI=1S/C23H26FN5O7S/c24-15-1-4-17(5-2-15)36-20-8-6-18(13-25-20)37(33,34)28-14-16-3-7-19(21(28)22(30)26-32)29(16)23(31)27-9-11-35-12-10-27/h1-2,4-6,8,13,16,19,21,32H,3,7,9-12,14H2,(H,26,30)/t16-,19+,21-/m1/s1. The third-order valence-electron chi connectivity index (χ3n) is 6.84. The van der Waals surface area contributed by atoms with Gasteiger partial charge >= 0.3 is 6.03 Å². The van der Waals surface area contributed by atoms with Gasteiger partial charge in [0.2, 0.25) is 15.9 Å². The summed E-state index contributed by atoms with van der Waals surface area (Å²) in [4.78, 5) is 33.1. The number of rotatable bonds is 5. The van der Waals surface area contributed by atoms with Crippen LogP contribution in [-0.4, -0.2) is 95.6 Å². The normalized spacial score (nSPS) is 24.1. The fourth-order valence-electron chi connectivity index (χ4n) is 5.09. The summed E-state index contributed by atoms with van der Waals surface area (Å²) in [5.41, 5.74) is 1.57. The van der Waals surface area contributed by atoms with E-state index in [0.717, 1.165) is 10.5 Å². The molecule has 1 aromatic heterocycles. The second kappa shape index (κ2) is 10.2. The lowest BCUT2D eigenvalue weighted by molar-refractivity contribution is -0.136. The molecule has 5 rings (SSSR count). The predicted octanol–water partition coefficient (Wildman–Crippen LogP) is 1.18. The van der Waals surface area contributed by atoms with E-state index in [-0.39, 0.29) is 23.4 Å². The van der Waals surface area contributed by atoms with Gasteiger partial charge in [-0.1, -0.05) is 0 Å². The minimum atomic E-state index is -4.24. The van der Waals surface area contributed by atoms with Crippen LogP contribution in [0.5, 0.6) is 11.6 Å². The molecule has 14 heteroatoms. The second-order valence-corrected chi connectivity index (χ2v) is 10.9. The summed E-state index contributed by atoms with van der Waals surface area (Å²) in [6, 6.07) is 5.14. The zero-order valence-electron chi connectivity index (χ0n) is 19.7. The Hall–Kier alpha value is -3.33. The number of nitrogens with zero attached hydrogens (tertiary/aromatic N) is 4. The van der Waals surface area contributed by atoms with Crippen molar-refractivity contribution in [3.8, 4) is 11.6 Å². The molecule has 0 saturated carbocycles. The van der Waals surface area contributed by atoms with E-state index in [1.165, 1.54) is 36.4 Å². The van der Waals surface area contributed by atoms with E-state index in [1.54, 1.807) is 15.3 Å². The molecule has 2 aromatic rings. The summed E-state index contributed by atoms with van der Waals surface area (Å²) in [5, 5.41) is 9.43. The van der Waals surface area contributed by atoms with Gasteiger partial charge in [-0.05, 0) is 43.2 Å². The highest BCUT2D eigenvalue weighted by Crippen LogP contribution is 2.38. The zero-order chi connectivity index (χ0) is 26.2. The highest BCUT2D eigenvalue weighted by atomic mass is 32.2. The fourth-order valence-corrected chi connectivity index (χ4v) is 6.69. The third kappa shape index (κ3) is 4.84. The Labute approximate surface area is 212 Å². The summed E-state index contributed by atoms with van der Waals surface area (Å²) in [5.74, 6) is -0.931. The van der Waals surface area contributed by atoms with E-state index < -0.39 is 39.9 Å². The molecule has 3 amide bonds. The SMILES string of the molecule is O=C(NO)[C@H]1[C@@H]2CC[C@H](CN1S(=O)(=O)c1ccc(Oc3ccc(F)cc3)nc1)N2C(=O)N1CCOCC1. The Morgan fingerprint density at radius 3 is 2.49 bits per heavy atom. The van der Waals surface area contributed by atoms with Crippen molar-refractivity contribution in [1.82, 2.24) is 24.6 Å². The lowest BCUT2D eigenvalue weighted by Crippen LogP contribution is -2.68. The van der Waals surface area contributed by atoms with Crippen LogP contribution in [0.15, 0.2) is 47.5 Å². The number of urea groups is 1. The molecule has 37 heavy (non-hydrogen) atoms. The Balaban J connectivity index is 1.39. The molecule has 3 fully saturated rings. The van der Waals surface area contributed by atoms with E-state index in [9.17, 15) is 27.6 Å². The molecule has 198 valence electrons. The maximum absolute atomic E-state index is 13.6. The molecule has 0 radical (unpaired) electrons. The minimum Gasteiger partial charge on any atom is -0.439 e. The van der Waals surface area contributed by atoms with Crippen molar-refractivity contribution in [1.29, 1.82) is 0 Å². The highest BCUT2D eigenvalue weighted by Gasteiger charge is 2.55. The van der Waals surface area contributed by atoms with Crippen LogP contribution in [0, 0.1) is 5.82 Å². The summed E-state index contributed by atoms with van der Waals surface area (Å²) in [6.07, 6.45) is 2.04. The van der Waals surface area contributed by atoms with Gasteiger partial charge in [-0.15, -0.1) is 0 Å². The van der Waals surface area contributed by atoms with Crippen molar-refractivity contribution in [3.63, 3.8) is 0 Å². The van der Waals surface area contributed by atoms with Crippen LogP contribution in [0.1, 0.15) is 12.8 Å². The number of hydrogen-bond donors (Lipinski definition) is 2. The maximum Gasteiger partial charge on any atom is 0.320 e. The van der Waals surface area contributed by atoms with Gasteiger partial charge in [0.25, 0.3) is 5.91 Å². The lowest BCUT2D eigenvalue weighted by atomic mass is 10.0. The quantitative estimate of drug-likeness (QED) is 0.430. The smallest absolute Gasteiger partial charge is 0.320 e. The summed E-state index contributed by atoms with van der Waals surface area (Å²) < 4.78 is 52.2. The number of nitrogens with one attached hydrogen (secondary N) is 1. The van der Waals surface area contributed by atoms with Gasteiger partial charge in [-0.2, -0.15) is 4.31 Å². The number of sulfonamides is 1. The largest absolute Gasteiger partial charge is 0.439 e. The van der Waals surface area contributed by atoms with Crippen molar-refractivity contribution in [2.45, 2.75) is 35.9 Å². The summed E-state index contributed by atoms with van der Waals surface area (Å²) >= 11 is 0. The van der Waals surface area contributed by atoms with Crippen molar-refractivity contribution in [2.75, 3.05) is 32.8 Å². The van der Waals surface area contributed by atoms with E-state index in [1.807, 2.05) is 0 Å². The van der Waals surface area contributed by atoms with Crippen molar-refractivity contribution in [3.05, 3.63) is 48.4 Å². The number of piperazine rings is 1. The molecule has 3 atom stereocenters. The van der Waals surface area contributed by atoms with Gasteiger partial charge < -0.3 is 19.3 Å². The van der Waals surface area contributed by atoms with E-state index >= 15 is 0 Å². The first kappa shape index (κ1) is 25.3. The molecule has 4 heterocycles. The fraction of sp³-hybridized carbons (Fsp3) is 0.435. The first-order valence-electron chi connectivity index (χ1n) is 11.8. The average molecular weight is 536 g/mol. The number of hydrogen-bond acceptors (Lipinski definition) is 8. The van der Waals surface area contributed by atoms with Gasteiger partial charge in [-0.3, -0.25) is 10.0 Å². The molecule has 0 spiro atoms. The molecular weight excluding hydrogens is 509 g/mol. The Morgan fingerprint density at radius 2 is 1.84 bits per heavy atom. The number of aromatic nitrogens is 1. The molecule has 2 bridgehead atoms. The molecule has 3 saturated heterocycles. The van der Waals surface area contributed by atoms with Gasteiger partial charge in [-0.25, -0.2) is 28.1 Å². The topological polar surface area (TPSA) is 142 Å². The van der Waals surface area contributed by atoms with Crippen molar-refractivity contribution in [2.24, 2.45) is 0 Å². The van der Waals surface area contributed by atoms with Crippen LogP contribution >= 0.6 is 0 Å². The third-order valence-corrected chi connectivity index (χ3v) is 8.68. The minimum absolute atomic E-state index is 0.0937. The Morgan fingerprint density at radius 1 is 1.11 bits per heavy atom. The van der Waals surface area contributed by atoms with Crippen LogP contribution in [0.3, 0.4) is 0 Å². The monoisotopic (exact) mass is 535 g/mol. The van der Waals surface area contributed by atoms with Crippen molar-refractivity contribution >= 4 is 22.0 Å². The van der Waals surface area contributed by atoms with Crippen LogP contribution < -0.4 is 10.2 Å². The Kier molecular flexibility index (Phi) is 6.98.